The first-order valence-electron chi connectivity index (χ1n) is 18.2. The van der Waals surface area contributed by atoms with E-state index in [1.807, 2.05) is 48.5 Å². The monoisotopic (exact) mass is 700 g/mol. The molecule has 0 atom stereocenters. The molecule has 8 aromatic carbocycles. The fraction of sp³-hybridized carbons (Fsp3) is 0. The van der Waals surface area contributed by atoms with E-state index in [-0.39, 0.29) is 0 Å². The van der Waals surface area contributed by atoms with Crippen LogP contribution in [-0.4, -0.2) is 9.13 Å². The van der Waals surface area contributed by atoms with Crippen LogP contribution >= 0.6 is 0 Å². The van der Waals surface area contributed by atoms with Gasteiger partial charge in [-0.15, -0.1) is 0 Å². The van der Waals surface area contributed by atoms with Gasteiger partial charge in [0.05, 0.1) is 56.4 Å². The number of hydrogen-bond donors (Lipinski definition) is 0. The van der Waals surface area contributed by atoms with Crippen molar-refractivity contribution in [2.45, 2.75) is 0 Å². The highest BCUT2D eigenvalue weighted by molar-refractivity contribution is 6.24. The third-order valence-corrected chi connectivity index (χ3v) is 11.0. The Hall–Kier alpha value is -7.86. The summed E-state index contributed by atoms with van der Waals surface area (Å²) in [5.41, 5.74) is 12.6. The number of furan rings is 1. The maximum absolute atomic E-state index is 10.3. The Kier molecular flexibility index (Phi) is 6.61. The average molecular weight is 701 g/mol. The molecule has 254 valence electrons. The molecule has 0 saturated carbocycles. The van der Waals surface area contributed by atoms with Crippen molar-refractivity contribution in [3.8, 4) is 45.8 Å². The first kappa shape index (κ1) is 30.7. The minimum absolute atomic E-state index is 0.523. The number of para-hydroxylation sites is 4. The van der Waals surface area contributed by atoms with Crippen molar-refractivity contribution in [2.24, 2.45) is 0 Å². The summed E-state index contributed by atoms with van der Waals surface area (Å²) in [6.45, 7) is 0. The number of rotatable bonds is 4. The van der Waals surface area contributed by atoms with Crippen molar-refractivity contribution in [3.05, 3.63) is 181 Å². The summed E-state index contributed by atoms with van der Waals surface area (Å²) in [5, 5.41) is 27.0. The zero-order valence-corrected chi connectivity index (χ0v) is 29.4. The fourth-order valence-electron chi connectivity index (χ4n) is 8.62. The zero-order valence-electron chi connectivity index (χ0n) is 29.4. The van der Waals surface area contributed by atoms with Gasteiger partial charge in [0.1, 0.15) is 11.2 Å². The highest BCUT2D eigenvalue weighted by Gasteiger charge is 2.22. The van der Waals surface area contributed by atoms with E-state index in [0.29, 0.717) is 11.1 Å². The second kappa shape index (κ2) is 11.8. The van der Waals surface area contributed by atoms with Crippen LogP contribution in [0.25, 0.3) is 99.2 Å². The molecule has 0 bridgehead atoms. The number of nitrogens with zero attached hydrogens (tertiary/aromatic N) is 4. The summed E-state index contributed by atoms with van der Waals surface area (Å²) in [6.07, 6.45) is 0. The molecular formula is C50H28N4O. The van der Waals surface area contributed by atoms with E-state index in [4.69, 9.17) is 4.42 Å². The Morgan fingerprint density at radius 1 is 0.436 bits per heavy atom. The van der Waals surface area contributed by atoms with Crippen molar-refractivity contribution in [1.82, 2.24) is 9.13 Å². The predicted octanol–water partition coefficient (Wildman–Crippen LogP) is 12.9. The molecule has 3 heterocycles. The van der Waals surface area contributed by atoms with Crippen LogP contribution in [0.3, 0.4) is 0 Å². The molecule has 11 aromatic rings. The minimum atomic E-state index is 0.523. The van der Waals surface area contributed by atoms with Gasteiger partial charge in [-0.25, -0.2) is 0 Å². The normalized spacial score (nSPS) is 11.6. The molecule has 3 aromatic heterocycles. The second-order valence-electron chi connectivity index (χ2n) is 13.9. The minimum Gasteiger partial charge on any atom is -0.455 e. The Morgan fingerprint density at radius 3 is 1.78 bits per heavy atom. The zero-order chi connectivity index (χ0) is 36.6. The molecule has 11 rings (SSSR count). The molecule has 0 saturated heterocycles. The van der Waals surface area contributed by atoms with Crippen LogP contribution in [0.2, 0.25) is 0 Å². The SMILES string of the molecule is N#Cc1cc(-c2ccccc2C#N)cc(-c2ccc(-n3c4ccccc4c4c5oc6ccccc6c5ccc43)cc2-n2c3ccccc3c3ccccc32)c1. The molecule has 0 amide bonds. The molecular weight excluding hydrogens is 673 g/mol. The van der Waals surface area contributed by atoms with Crippen LogP contribution in [0.4, 0.5) is 0 Å². The second-order valence-corrected chi connectivity index (χ2v) is 13.9. The van der Waals surface area contributed by atoms with Crippen molar-refractivity contribution in [1.29, 1.82) is 10.5 Å². The Bertz CT molecular complexity index is 3420. The lowest BCUT2D eigenvalue weighted by atomic mass is 9.93. The molecule has 0 aliphatic rings. The summed E-state index contributed by atoms with van der Waals surface area (Å²) >= 11 is 0. The molecule has 0 radical (unpaired) electrons. The maximum Gasteiger partial charge on any atom is 0.145 e. The van der Waals surface area contributed by atoms with Crippen molar-refractivity contribution < 1.29 is 4.42 Å². The molecule has 55 heavy (non-hydrogen) atoms. The van der Waals surface area contributed by atoms with Gasteiger partial charge in [-0.2, -0.15) is 10.5 Å². The van der Waals surface area contributed by atoms with Gasteiger partial charge in [-0.3, -0.25) is 0 Å². The predicted molar refractivity (Wildman–Crippen MR) is 223 cm³/mol. The van der Waals surface area contributed by atoms with Gasteiger partial charge in [0, 0.05) is 38.2 Å². The molecule has 0 unspecified atom stereocenters. The van der Waals surface area contributed by atoms with Gasteiger partial charge in [-0.05, 0) is 89.5 Å². The summed E-state index contributed by atoms with van der Waals surface area (Å²) in [5.74, 6) is 0. The van der Waals surface area contributed by atoms with Crippen LogP contribution in [0.15, 0.2) is 174 Å². The molecule has 5 heteroatoms. The van der Waals surface area contributed by atoms with E-state index in [9.17, 15) is 10.5 Å². The van der Waals surface area contributed by atoms with E-state index in [2.05, 4.69) is 143 Å². The lowest BCUT2D eigenvalue weighted by molar-refractivity contribution is 0.673. The number of fused-ring (bicyclic) bond motifs is 10. The molecule has 0 aliphatic carbocycles. The van der Waals surface area contributed by atoms with E-state index < -0.39 is 0 Å². The van der Waals surface area contributed by atoms with Crippen LogP contribution in [0, 0.1) is 22.7 Å². The summed E-state index contributed by atoms with van der Waals surface area (Å²) in [4.78, 5) is 0. The molecule has 0 N–H and O–H groups in total. The van der Waals surface area contributed by atoms with E-state index in [1.165, 1.54) is 0 Å². The summed E-state index contributed by atoms with van der Waals surface area (Å²) in [6, 6.07) is 63.0. The van der Waals surface area contributed by atoms with Gasteiger partial charge in [0.25, 0.3) is 0 Å². The maximum atomic E-state index is 10.3. The topological polar surface area (TPSA) is 70.6 Å². The van der Waals surface area contributed by atoms with Gasteiger partial charge >= 0.3 is 0 Å². The lowest BCUT2D eigenvalue weighted by Crippen LogP contribution is -2.01. The number of hydrogen-bond acceptors (Lipinski definition) is 3. The molecule has 5 nitrogen and oxygen atoms in total. The molecule has 0 fully saturated rings. The van der Waals surface area contributed by atoms with Crippen molar-refractivity contribution in [2.75, 3.05) is 0 Å². The Morgan fingerprint density at radius 2 is 1.05 bits per heavy atom. The Balaban J connectivity index is 1.24. The summed E-state index contributed by atoms with van der Waals surface area (Å²) in [7, 11) is 0. The Labute approximate surface area is 315 Å². The lowest BCUT2D eigenvalue weighted by Gasteiger charge is -2.18. The van der Waals surface area contributed by atoms with Gasteiger partial charge in [0.2, 0.25) is 0 Å². The van der Waals surface area contributed by atoms with E-state index in [0.717, 1.165) is 99.2 Å². The third kappa shape index (κ3) is 4.51. The van der Waals surface area contributed by atoms with E-state index in [1.54, 1.807) is 0 Å². The van der Waals surface area contributed by atoms with Gasteiger partial charge < -0.3 is 13.6 Å². The number of benzene rings is 8. The highest BCUT2D eigenvalue weighted by atomic mass is 16.3. The average Bonchev–Trinajstić information content (AvgIpc) is 3.91. The van der Waals surface area contributed by atoms with Crippen LogP contribution in [0.1, 0.15) is 11.1 Å². The molecule has 0 aliphatic heterocycles. The summed E-state index contributed by atoms with van der Waals surface area (Å²) < 4.78 is 11.3. The van der Waals surface area contributed by atoms with Gasteiger partial charge in [0.15, 0.2) is 0 Å². The van der Waals surface area contributed by atoms with Crippen LogP contribution in [0.5, 0.6) is 0 Å². The first-order valence-corrected chi connectivity index (χ1v) is 18.2. The fourth-order valence-corrected chi connectivity index (χ4v) is 8.62. The number of nitriles is 2. The van der Waals surface area contributed by atoms with E-state index >= 15 is 0 Å². The van der Waals surface area contributed by atoms with Crippen molar-refractivity contribution >= 4 is 65.6 Å². The van der Waals surface area contributed by atoms with Crippen LogP contribution in [-0.2, 0) is 0 Å². The molecule has 0 spiro atoms. The first-order chi connectivity index (χ1) is 27.2. The standard InChI is InChI=1S/C50H28N4O/c51-29-31-25-33(36-12-2-1-11-32(36)30-52)27-34(26-31)37-22-21-35(28-47(37)54-43-17-7-3-13-38(43)39-14-4-8-18-44(39)54)53-45-19-9-5-16-42(45)49-46(53)24-23-41-40-15-6-10-20-48(40)55-50(41)49/h1-28H. The largest absolute Gasteiger partial charge is 0.455 e. The van der Waals surface area contributed by atoms with Gasteiger partial charge in [-0.1, -0.05) is 97.1 Å². The highest BCUT2D eigenvalue weighted by Crippen LogP contribution is 2.43. The van der Waals surface area contributed by atoms with Crippen molar-refractivity contribution in [3.63, 3.8) is 0 Å². The van der Waals surface area contributed by atoms with Crippen LogP contribution < -0.4 is 0 Å². The third-order valence-electron chi connectivity index (χ3n) is 11.0. The quantitative estimate of drug-likeness (QED) is 0.183. The smallest absolute Gasteiger partial charge is 0.145 e. The number of aromatic nitrogens is 2.